The summed E-state index contributed by atoms with van der Waals surface area (Å²) < 4.78 is 79.4. The molecule has 13 heteroatoms. The van der Waals surface area contributed by atoms with Crippen molar-refractivity contribution in [2.45, 2.75) is 29.3 Å². The summed E-state index contributed by atoms with van der Waals surface area (Å²) in [6, 6.07) is 3.22. The van der Waals surface area contributed by atoms with E-state index in [4.69, 9.17) is 14.6 Å². The van der Waals surface area contributed by atoms with Gasteiger partial charge in [-0.15, -0.1) is 0 Å². The van der Waals surface area contributed by atoms with E-state index in [1.807, 2.05) is 0 Å². The molecule has 32 heavy (non-hydrogen) atoms. The van der Waals surface area contributed by atoms with Gasteiger partial charge in [-0.3, -0.25) is 9.93 Å². The summed E-state index contributed by atoms with van der Waals surface area (Å²) in [5.41, 5.74) is -2.69. The Kier molecular flexibility index (Phi) is 6.81. The van der Waals surface area contributed by atoms with Gasteiger partial charge < -0.3 is 19.7 Å². The topological polar surface area (TPSA) is 89.7 Å². The molecule has 2 unspecified atom stereocenters. The molecule has 1 amide bonds. The van der Waals surface area contributed by atoms with Crippen LogP contribution in [0.25, 0.3) is 0 Å². The number of nitrogens with one attached hydrogen (secondary N) is 1. The lowest BCUT2D eigenvalue weighted by Gasteiger charge is -2.31. The number of nitrogens with zero attached hydrogens (tertiary/aromatic N) is 2. The lowest BCUT2D eigenvalue weighted by atomic mass is 9.99. The molecule has 1 aliphatic heterocycles. The highest BCUT2D eigenvalue weighted by molar-refractivity contribution is 7.97. The van der Waals surface area contributed by atoms with Crippen molar-refractivity contribution in [3.8, 4) is 5.75 Å². The summed E-state index contributed by atoms with van der Waals surface area (Å²) in [7, 11) is 1.92. The van der Waals surface area contributed by atoms with E-state index in [0.29, 0.717) is 5.03 Å². The van der Waals surface area contributed by atoms with Gasteiger partial charge in [0.25, 0.3) is 0 Å². The summed E-state index contributed by atoms with van der Waals surface area (Å²) in [5, 5.41) is 8.33. The average molecular weight is 478 g/mol. The Labute approximate surface area is 184 Å². The Bertz CT molecular complexity index is 1010. The number of alkyl halides is 3. The Hall–Kier alpha value is -2.64. The Balaban J connectivity index is 2.04. The van der Waals surface area contributed by atoms with E-state index in [-0.39, 0.29) is 11.4 Å². The second kappa shape index (κ2) is 9.08. The molecule has 1 aliphatic rings. The van der Waals surface area contributed by atoms with Gasteiger partial charge in [0.2, 0.25) is 11.7 Å². The standard InChI is InChI=1S/C19H19F5N4O3S/c1-30-16-12(4-3-11(20)15(16)21)28-9-18(31-2,19(22,23)24)8-13(28)17(29)27-10-5-6-26-14(7-10)32-25/h3-7,13H,8-9,25H2,1-2H3,(H,26,27,29). The summed E-state index contributed by atoms with van der Waals surface area (Å²) in [6.45, 7) is -0.841. The van der Waals surface area contributed by atoms with Crippen LogP contribution < -0.4 is 20.1 Å². The molecule has 0 radical (unpaired) electrons. The fourth-order valence-electron chi connectivity index (χ4n) is 3.55. The number of halogens is 5. The lowest BCUT2D eigenvalue weighted by molar-refractivity contribution is -0.261. The molecular formula is C19H19F5N4O3S. The maximum absolute atomic E-state index is 14.3. The highest BCUT2D eigenvalue weighted by Gasteiger charge is 2.63. The molecule has 174 valence electrons. The molecule has 0 saturated carbocycles. The fourth-order valence-corrected chi connectivity index (χ4v) is 3.86. The van der Waals surface area contributed by atoms with Gasteiger partial charge in [0, 0.05) is 25.4 Å². The fraction of sp³-hybridized carbons (Fsp3) is 0.368. The minimum atomic E-state index is -4.85. The van der Waals surface area contributed by atoms with Gasteiger partial charge in [0.1, 0.15) is 11.1 Å². The number of benzene rings is 1. The number of pyridine rings is 1. The average Bonchev–Trinajstić information content (AvgIpc) is 3.17. The van der Waals surface area contributed by atoms with Crippen LogP contribution in [0.1, 0.15) is 6.42 Å². The monoisotopic (exact) mass is 478 g/mol. The maximum Gasteiger partial charge on any atom is 0.419 e. The Morgan fingerprint density at radius 2 is 2.03 bits per heavy atom. The number of ether oxygens (including phenoxy) is 2. The van der Waals surface area contributed by atoms with E-state index < -0.39 is 54.1 Å². The molecule has 1 aromatic heterocycles. The number of carbonyl (C=O) groups is 1. The summed E-state index contributed by atoms with van der Waals surface area (Å²) >= 11 is 0.819. The molecular weight excluding hydrogens is 459 g/mol. The van der Waals surface area contributed by atoms with Crippen molar-refractivity contribution < 1.29 is 36.2 Å². The molecule has 0 spiro atoms. The van der Waals surface area contributed by atoms with Crippen LogP contribution in [0.15, 0.2) is 35.5 Å². The van der Waals surface area contributed by atoms with Gasteiger partial charge in [0.15, 0.2) is 17.2 Å². The zero-order chi connectivity index (χ0) is 23.7. The number of amides is 1. The van der Waals surface area contributed by atoms with Crippen molar-refractivity contribution in [2.75, 3.05) is 31.0 Å². The molecule has 2 atom stereocenters. The van der Waals surface area contributed by atoms with Gasteiger partial charge in [-0.2, -0.15) is 17.6 Å². The first kappa shape index (κ1) is 24.0. The molecule has 2 heterocycles. The molecule has 0 aliphatic carbocycles. The summed E-state index contributed by atoms with van der Waals surface area (Å²) in [4.78, 5) is 18.0. The summed E-state index contributed by atoms with van der Waals surface area (Å²) in [5.74, 6) is -4.07. The minimum absolute atomic E-state index is 0.220. The normalized spacial score (nSPS) is 21.0. The Morgan fingerprint density at radius 1 is 1.31 bits per heavy atom. The van der Waals surface area contributed by atoms with Crippen molar-refractivity contribution in [1.29, 1.82) is 0 Å². The highest BCUT2D eigenvalue weighted by atomic mass is 32.2. The van der Waals surface area contributed by atoms with Crippen molar-refractivity contribution in [3.63, 3.8) is 0 Å². The van der Waals surface area contributed by atoms with Crippen LogP contribution in [0.3, 0.4) is 0 Å². The lowest BCUT2D eigenvalue weighted by Crippen LogP contribution is -2.49. The van der Waals surface area contributed by atoms with E-state index in [1.54, 1.807) is 0 Å². The van der Waals surface area contributed by atoms with E-state index >= 15 is 0 Å². The number of carbonyl (C=O) groups excluding carboxylic acids is 1. The van der Waals surface area contributed by atoms with Crippen LogP contribution in [0.5, 0.6) is 5.75 Å². The van der Waals surface area contributed by atoms with E-state index in [2.05, 4.69) is 10.3 Å². The third-order valence-corrected chi connectivity index (χ3v) is 5.67. The third-order valence-electron chi connectivity index (χ3n) is 5.20. The zero-order valence-electron chi connectivity index (χ0n) is 16.9. The first-order valence-electron chi connectivity index (χ1n) is 9.11. The number of hydrogen-bond acceptors (Lipinski definition) is 7. The van der Waals surface area contributed by atoms with Crippen molar-refractivity contribution in [1.82, 2.24) is 4.98 Å². The summed E-state index contributed by atoms with van der Waals surface area (Å²) in [6.07, 6.45) is -4.27. The van der Waals surface area contributed by atoms with Crippen molar-refractivity contribution >= 4 is 29.2 Å². The molecule has 3 N–H and O–H groups in total. The van der Waals surface area contributed by atoms with Crippen LogP contribution >= 0.6 is 11.9 Å². The quantitative estimate of drug-likeness (QED) is 0.485. The van der Waals surface area contributed by atoms with Gasteiger partial charge >= 0.3 is 6.18 Å². The smallest absolute Gasteiger partial charge is 0.419 e. The highest BCUT2D eigenvalue weighted by Crippen LogP contribution is 2.47. The van der Waals surface area contributed by atoms with Crippen LogP contribution in [-0.4, -0.2) is 49.5 Å². The first-order valence-corrected chi connectivity index (χ1v) is 9.99. The van der Waals surface area contributed by atoms with Crippen molar-refractivity contribution in [2.24, 2.45) is 5.14 Å². The van der Waals surface area contributed by atoms with Gasteiger partial charge in [-0.1, -0.05) is 0 Å². The predicted octanol–water partition coefficient (Wildman–Crippen LogP) is 3.50. The predicted molar refractivity (Wildman–Crippen MR) is 107 cm³/mol. The molecule has 1 fully saturated rings. The molecule has 1 saturated heterocycles. The largest absolute Gasteiger partial charge is 0.491 e. The second-order valence-corrected chi connectivity index (χ2v) is 7.60. The Morgan fingerprint density at radius 3 is 2.62 bits per heavy atom. The number of hydrogen-bond donors (Lipinski definition) is 2. The number of aromatic nitrogens is 1. The molecule has 1 aromatic carbocycles. The maximum atomic E-state index is 14.3. The SMILES string of the molecule is COc1c(N2CC(OC)(C(F)(F)F)CC2C(=O)Nc2ccnc(SN)c2)ccc(F)c1F. The number of nitrogens with two attached hydrogens (primary N) is 1. The van der Waals surface area contributed by atoms with Gasteiger partial charge in [-0.25, -0.2) is 9.37 Å². The third kappa shape index (κ3) is 4.32. The number of anilines is 2. The molecule has 2 aromatic rings. The van der Waals surface area contributed by atoms with E-state index in [1.165, 1.54) is 18.3 Å². The minimum Gasteiger partial charge on any atom is -0.491 e. The molecule has 0 bridgehead atoms. The van der Waals surface area contributed by atoms with Gasteiger partial charge in [-0.05, 0) is 36.2 Å². The van der Waals surface area contributed by atoms with Crippen LogP contribution in [-0.2, 0) is 9.53 Å². The molecule has 3 rings (SSSR count). The van der Waals surface area contributed by atoms with Crippen LogP contribution in [0, 0.1) is 11.6 Å². The van der Waals surface area contributed by atoms with E-state index in [0.717, 1.165) is 43.2 Å². The van der Waals surface area contributed by atoms with E-state index in [9.17, 15) is 26.7 Å². The molecule has 7 nitrogen and oxygen atoms in total. The van der Waals surface area contributed by atoms with Crippen LogP contribution in [0.2, 0.25) is 0 Å². The number of methoxy groups -OCH3 is 2. The van der Waals surface area contributed by atoms with Gasteiger partial charge in [0.05, 0.1) is 19.3 Å². The van der Waals surface area contributed by atoms with Crippen LogP contribution in [0.4, 0.5) is 33.3 Å². The number of rotatable bonds is 6. The zero-order valence-corrected chi connectivity index (χ0v) is 17.7. The second-order valence-electron chi connectivity index (χ2n) is 6.95. The first-order chi connectivity index (χ1) is 15.1. The van der Waals surface area contributed by atoms with Crippen molar-refractivity contribution in [3.05, 3.63) is 42.1 Å².